The molecule has 3 rings (SSSR count). The van der Waals surface area contributed by atoms with E-state index in [4.69, 9.17) is 16.0 Å². The van der Waals surface area contributed by atoms with Crippen molar-refractivity contribution in [2.45, 2.75) is 6.54 Å². The summed E-state index contributed by atoms with van der Waals surface area (Å²) in [5, 5.41) is 5.19. The SMILES string of the molecule is Clc1ccc2cc(CN3CCNCC3)oc2c1. The van der Waals surface area contributed by atoms with Gasteiger partial charge in [-0.3, -0.25) is 4.90 Å². The molecule has 2 aromatic rings. The zero-order valence-electron chi connectivity index (χ0n) is 9.58. The van der Waals surface area contributed by atoms with Crippen molar-refractivity contribution in [2.75, 3.05) is 26.2 Å². The topological polar surface area (TPSA) is 28.4 Å². The first-order valence-electron chi connectivity index (χ1n) is 5.92. The molecule has 3 nitrogen and oxygen atoms in total. The average Bonchev–Trinajstić information content (AvgIpc) is 2.71. The van der Waals surface area contributed by atoms with Crippen LogP contribution < -0.4 is 5.32 Å². The van der Waals surface area contributed by atoms with Crippen LogP contribution in [-0.4, -0.2) is 31.1 Å². The van der Waals surface area contributed by atoms with Crippen molar-refractivity contribution in [3.63, 3.8) is 0 Å². The highest BCUT2D eigenvalue weighted by Crippen LogP contribution is 2.23. The first-order valence-corrected chi connectivity index (χ1v) is 6.30. The average molecular weight is 251 g/mol. The third kappa shape index (κ3) is 2.46. The van der Waals surface area contributed by atoms with Crippen LogP contribution in [0.15, 0.2) is 28.7 Å². The molecule has 0 atom stereocenters. The Morgan fingerprint density at radius 1 is 1.24 bits per heavy atom. The Balaban J connectivity index is 1.80. The normalized spacial score (nSPS) is 17.7. The van der Waals surface area contributed by atoms with Crippen LogP contribution in [-0.2, 0) is 6.54 Å². The Bertz CT molecular complexity index is 517. The maximum Gasteiger partial charge on any atom is 0.135 e. The van der Waals surface area contributed by atoms with Gasteiger partial charge in [0.2, 0.25) is 0 Å². The van der Waals surface area contributed by atoms with Crippen LogP contribution in [0.25, 0.3) is 11.0 Å². The molecule has 1 aromatic heterocycles. The Morgan fingerprint density at radius 3 is 2.88 bits per heavy atom. The summed E-state index contributed by atoms with van der Waals surface area (Å²) in [6.07, 6.45) is 0. The number of piperazine rings is 1. The quantitative estimate of drug-likeness (QED) is 0.888. The third-order valence-corrected chi connectivity index (χ3v) is 3.36. The summed E-state index contributed by atoms with van der Waals surface area (Å²) in [5.74, 6) is 1.02. The first-order chi connectivity index (χ1) is 8.31. The summed E-state index contributed by atoms with van der Waals surface area (Å²) >= 11 is 5.94. The maximum atomic E-state index is 5.94. The van der Waals surface area contributed by atoms with Crippen LogP contribution in [0.4, 0.5) is 0 Å². The summed E-state index contributed by atoms with van der Waals surface area (Å²) in [5.41, 5.74) is 0.877. The fourth-order valence-corrected chi connectivity index (χ4v) is 2.39. The molecule has 4 heteroatoms. The number of nitrogens with one attached hydrogen (secondary N) is 1. The van der Waals surface area contributed by atoms with E-state index in [1.807, 2.05) is 18.2 Å². The molecule has 90 valence electrons. The number of fused-ring (bicyclic) bond motifs is 1. The van der Waals surface area contributed by atoms with Crippen LogP contribution in [0.3, 0.4) is 0 Å². The van der Waals surface area contributed by atoms with Crippen molar-refractivity contribution in [1.82, 2.24) is 10.2 Å². The van der Waals surface area contributed by atoms with Crippen LogP contribution in [0.5, 0.6) is 0 Å². The van der Waals surface area contributed by atoms with Gasteiger partial charge in [0.1, 0.15) is 11.3 Å². The highest BCUT2D eigenvalue weighted by atomic mass is 35.5. The van der Waals surface area contributed by atoms with Gasteiger partial charge in [0.25, 0.3) is 0 Å². The van der Waals surface area contributed by atoms with Gasteiger partial charge in [-0.15, -0.1) is 0 Å². The second-order valence-electron chi connectivity index (χ2n) is 4.42. The molecule has 1 aromatic carbocycles. The lowest BCUT2D eigenvalue weighted by atomic mass is 10.2. The van der Waals surface area contributed by atoms with Crippen LogP contribution >= 0.6 is 11.6 Å². The van der Waals surface area contributed by atoms with Crippen molar-refractivity contribution in [3.05, 3.63) is 35.0 Å². The van der Waals surface area contributed by atoms with E-state index in [1.54, 1.807) is 0 Å². The molecule has 0 saturated carbocycles. The molecule has 0 unspecified atom stereocenters. The Morgan fingerprint density at radius 2 is 2.06 bits per heavy atom. The van der Waals surface area contributed by atoms with Gasteiger partial charge in [-0.1, -0.05) is 11.6 Å². The smallest absolute Gasteiger partial charge is 0.135 e. The molecule has 0 aliphatic carbocycles. The molecule has 0 radical (unpaired) electrons. The minimum atomic E-state index is 0.723. The molecular formula is C13H15ClN2O. The highest BCUT2D eigenvalue weighted by Gasteiger charge is 2.12. The first kappa shape index (κ1) is 11.1. The van der Waals surface area contributed by atoms with Crippen molar-refractivity contribution in [2.24, 2.45) is 0 Å². The molecule has 0 amide bonds. The van der Waals surface area contributed by atoms with Gasteiger partial charge < -0.3 is 9.73 Å². The van der Waals surface area contributed by atoms with E-state index in [9.17, 15) is 0 Å². The predicted octanol–water partition coefficient (Wildman–Crippen LogP) is 2.49. The highest BCUT2D eigenvalue weighted by molar-refractivity contribution is 6.31. The maximum absolute atomic E-state index is 5.94. The lowest BCUT2D eigenvalue weighted by Gasteiger charge is -2.26. The largest absolute Gasteiger partial charge is 0.460 e. The minimum absolute atomic E-state index is 0.723. The molecule has 1 aliphatic rings. The predicted molar refractivity (Wildman–Crippen MR) is 69.4 cm³/mol. The van der Waals surface area contributed by atoms with Crippen molar-refractivity contribution in [3.8, 4) is 0 Å². The van der Waals surface area contributed by atoms with Crippen molar-refractivity contribution < 1.29 is 4.42 Å². The van der Waals surface area contributed by atoms with Crippen molar-refractivity contribution >= 4 is 22.6 Å². The summed E-state index contributed by atoms with van der Waals surface area (Å²) in [7, 11) is 0. The molecule has 1 fully saturated rings. The molecule has 17 heavy (non-hydrogen) atoms. The summed E-state index contributed by atoms with van der Waals surface area (Å²) in [6.45, 7) is 5.17. The van der Waals surface area contributed by atoms with E-state index in [0.717, 1.165) is 54.5 Å². The van der Waals surface area contributed by atoms with E-state index in [2.05, 4.69) is 16.3 Å². The van der Waals surface area contributed by atoms with Crippen LogP contribution in [0.1, 0.15) is 5.76 Å². The number of halogens is 1. The number of benzene rings is 1. The zero-order valence-corrected chi connectivity index (χ0v) is 10.3. The number of furan rings is 1. The molecular weight excluding hydrogens is 236 g/mol. The molecule has 1 saturated heterocycles. The monoisotopic (exact) mass is 250 g/mol. The summed E-state index contributed by atoms with van der Waals surface area (Å²) in [6, 6.07) is 7.88. The van der Waals surface area contributed by atoms with Crippen LogP contribution in [0.2, 0.25) is 5.02 Å². The lowest BCUT2D eigenvalue weighted by Crippen LogP contribution is -2.42. The van der Waals surface area contributed by atoms with Crippen molar-refractivity contribution in [1.29, 1.82) is 0 Å². The van der Waals surface area contributed by atoms with E-state index < -0.39 is 0 Å². The van der Waals surface area contributed by atoms with Gasteiger partial charge in [-0.2, -0.15) is 0 Å². The third-order valence-electron chi connectivity index (χ3n) is 3.12. The lowest BCUT2D eigenvalue weighted by molar-refractivity contribution is 0.218. The fourth-order valence-electron chi connectivity index (χ4n) is 2.23. The fraction of sp³-hybridized carbons (Fsp3) is 0.385. The van der Waals surface area contributed by atoms with E-state index in [-0.39, 0.29) is 0 Å². The molecule has 0 bridgehead atoms. The van der Waals surface area contributed by atoms with Gasteiger partial charge in [-0.05, 0) is 18.2 Å². The van der Waals surface area contributed by atoms with E-state index in [0.29, 0.717) is 0 Å². The minimum Gasteiger partial charge on any atom is -0.460 e. The zero-order chi connectivity index (χ0) is 11.7. The Kier molecular flexibility index (Phi) is 3.05. The number of rotatable bonds is 2. The number of nitrogens with zero attached hydrogens (tertiary/aromatic N) is 1. The molecule has 1 N–H and O–H groups in total. The number of hydrogen-bond donors (Lipinski definition) is 1. The summed E-state index contributed by atoms with van der Waals surface area (Å²) < 4.78 is 5.81. The molecule has 2 heterocycles. The van der Waals surface area contributed by atoms with Gasteiger partial charge in [0.05, 0.1) is 6.54 Å². The second kappa shape index (κ2) is 4.69. The second-order valence-corrected chi connectivity index (χ2v) is 4.86. The summed E-state index contributed by atoms with van der Waals surface area (Å²) in [4.78, 5) is 2.40. The van der Waals surface area contributed by atoms with Gasteiger partial charge in [-0.25, -0.2) is 0 Å². The van der Waals surface area contributed by atoms with E-state index in [1.165, 1.54) is 0 Å². The van der Waals surface area contributed by atoms with Gasteiger partial charge in [0.15, 0.2) is 0 Å². The van der Waals surface area contributed by atoms with E-state index >= 15 is 0 Å². The Hall–Kier alpha value is -1.03. The molecule has 0 spiro atoms. The van der Waals surface area contributed by atoms with Gasteiger partial charge in [0, 0.05) is 42.7 Å². The molecule has 1 aliphatic heterocycles. The Labute approximate surface area is 105 Å². The van der Waals surface area contributed by atoms with Crippen LogP contribution in [0, 0.1) is 0 Å². The van der Waals surface area contributed by atoms with Gasteiger partial charge >= 0.3 is 0 Å². The standard InChI is InChI=1S/C13H15ClN2O/c14-11-2-1-10-7-12(17-13(10)8-11)9-16-5-3-15-4-6-16/h1-2,7-8,15H,3-6,9H2. The number of hydrogen-bond acceptors (Lipinski definition) is 3.